The number of carbonyl (C=O) groups excluding carboxylic acids is 1. The van der Waals surface area contributed by atoms with Crippen LogP contribution in [0.5, 0.6) is 0 Å². The highest BCUT2D eigenvalue weighted by molar-refractivity contribution is 7.98. The molecule has 2 aromatic heterocycles. The zero-order chi connectivity index (χ0) is 25.0. The molecule has 0 aliphatic heterocycles. The molecule has 0 saturated heterocycles. The molecule has 0 fully saturated rings. The minimum Gasteiger partial charge on any atom is -0.324 e. The molecule has 1 atom stereocenters. The van der Waals surface area contributed by atoms with Crippen LogP contribution >= 0.6 is 11.8 Å². The number of nitrogens with one attached hydrogen (secondary N) is 1. The van der Waals surface area contributed by atoms with E-state index in [0.29, 0.717) is 28.3 Å². The van der Waals surface area contributed by atoms with Crippen LogP contribution in [-0.4, -0.2) is 20.4 Å². The third-order valence-electron chi connectivity index (χ3n) is 5.70. The molecular weight excluding hydrogens is 473 g/mol. The van der Waals surface area contributed by atoms with Gasteiger partial charge in [-0.15, -0.1) is 0 Å². The van der Waals surface area contributed by atoms with Crippen LogP contribution in [0.1, 0.15) is 43.0 Å². The molecule has 0 bridgehead atoms. The summed E-state index contributed by atoms with van der Waals surface area (Å²) < 4.78 is 41.2. The Labute approximate surface area is 205 Å². The van der Waals surface area contributed by atoms with E-state index in [2.05, 4.69) is 15.3 Å². The fourth-order valence-corrected chi connectivity index (χ4v) is 4.92. The third kappa shape index (κ3) is 5.51. The molecule has 1 unspecified atom stereocenters. The fourth-order valence-electron chi connectivity index (χ4n) is 3.93. The molecule has 0 radical (unpaired) electrons. The molecule has 0 aliphatic carbocycles. The highest BCUT2D eigenvalue weighted by atomic mass is 32.2. The van der Waals surface area contributed by atoms with Gasteiger partial charge in [-0.25, -0.2) is 9.97 Å². The first kappa shape index (κ1) is 24.8. The second-order valence-corrected chi connectivity index (χ2v) is 8.96. The molecule has 0 spiro atoms. The van der Waals surface area contributed by atoms with Gasteiger partial charge in [0.1, 0.15) is 11.6 Å². The summed E-state index contributed by atoms with van der Waals surface area (Å²) >= 11 is 1.28. The molecule has 9 heteroatoms. The number of halogens is 3. The van der Waals surface area contributed by atoms with Crippen LogP contribution < -0.4 is 5.32 Å². The van der Waals surface area contributed by atoms with E-state index >= 15 is 0 Å². The predicted octanol–water partition coefficient (Wildman–Crippen LogP) is 6.89. The monoisotopic (exact) mass is 498 g/mol. The van der Waals surface area contributed by atoms with Gasteiger partial charge in [0, 0.05) is 17.6 Å². The molecular formula is C26H25F3N4OS. The minimum absolute atomic E-state index is 0.195. The average Bonchev–Trinajstić information content (AvgIpc) is 3.21. The third-order valence-corrected chi connectivity index (χ3v) is 6.72. The number of rotatable bonds is 8. The zero-order valence-electron chi connectivity index (χ0n) is 19.3. The standard InChI is InChI=1S/C26H25F3N4OS/c1-3-18-10-5-6-12-20(18)31-24(34)22(4-2)33-23-21(13-8-14-30-23)32-25(33)35-16-17-9-7-11-19(15-17)26(27,28)29/h5-15,22H,3-4,16H2,1-2H3,(H,31,34). The molecule has 4 aromatic rings. The van der Waals surface area contributed by atoms with Crippen LogP contribution in [-0.2, 0) is 23.1 Å². The van der Waals surface area contributed by atoms with Crippen LogP contribution in [0.15, 0.2) is 72.0 Å². The highest BCUT2D eigenvalue weighted by Crippen LogP contribution is 2.33. The number of nitrogens with zero attached hydrogens (tertiary/aromatic N) is 3. The number of thioether (sulfide) groups is 1. The van der Waals surface area contributed by atoms with E-state index in [1.807, 2.05) is 44.2 Å². The summed E-state index contributed by atoms with van der Waals surface area (Å²) in [7, 11) is 0. The first-order chi connectivity index (χ1) is 16.8. The fraction of sp³-hybridized carbons (Fsp3) is 0.269. The number of amides is 1. The number of para-hydroxylation sites is 1. The molecule has 35 heavy (non-hydrogen) atoms. The minimum atomic E-state index is -4.40. The molecule has 1 amide bonds. The van der Waals surface area contributed by atoms with Crippen molar-refractivity contribution in [2.75, 3.05) is 5.32 Å². The highest BCUT2D eigenvalue weighted by Gasteiger charge is 2.30. The lowest BCUT2D eigenvalue weighted by molar-refractivity contribution is -0.137. The van der Waals surface area contributed by atoms with E-state index in [1.165, 1.54) is 17.8 Å². The van der Waals surface area contributed by atoms with Crippen molar-refractivity contribution in [3.05, 3.63) is 83.6 Å². The maximum absolute atomic E-state index is 13.4. The van der Waals surface area contributed by atoms with Crippen molar-refractivity contribution in [2.24, 2.45) is 0 Å². The number of hydrogen-bond acceptors (Lipinski definition) is 4. The maximum atomic E-state index is 13.4. The van der Waals surface area contributed by atoms with Crippen LogP contribution in [0.4, 0.5) is 18.9 Å². The van der Waals surface area contributed by atoms with Crippen molar-refractivity contribution >= 4 is 34.5 Å². The van der Waals surface area contributed by atoms with Gasteiger partial charge in [0.15, 0.2) is 10.8 Å². The summed E-state index contributed by atoms with van der Waals surface area (Å²) in [6.45, 7) is 3.93. The quantitative estimate of drug-likeness (QED) is 0.269. The summed E-state index contributed by atoms with van der Waals surface area (Å²) in [6.07, 6.45) is -1.50. The Hall–Kier alpha value is -3.33. The number of carbonyl (C=O) groups is 1. The van der Waals surface area contributed by atoms with Gasteiger partial charge in [-0.1, -0.05) is 62.0 Å². The van der Waals surface area contributed by atoms with Gasteiger partial charge >= 0.3 is 6.18 Å². The van der Waals surface area contributed by atoms with Gasteiger partial charge in [0.2, 0.25) is 5.91 Å². The lowest BCUT2D eigenvalue weighted by Crippen LogP contribution is -2.26. The van der Waals surface area contributed by atoms with Crippen LogP contribution in [0.3, 0.4) is 0 Å². The number of benzene rings is 2. The Morgan fingerprint density at radius 1 is 1.09 bits per heavy atom. The molecule has 2 heterocycles. The Morgan fingerprint density at radius 3 is 2.63 bits per heavy atom. The number of aromatic nitrogens is 3. The van der Waals surface area contributed by atoms with Crippen molar-refractivity contribution < 1.29 is 18.0 Å². The number of imidazole rings is 1. The number of anilines is 1. The number of pyridine rings is 1. The van der Waals surface area contributed by atoms with Gasteiger partial charge in [-0.3, -0.25) is 9.36 Å². The summed E-state index contributed by atoms with van der Waals surface area (Å²) in [4.78, 5) is 22.5. The van der Waals surface area contributed by atoms with Gasteiger partial charge < -0.3 is 5.32 Å². The molecule has 0 aliphatic rings. The van der Waals surface area contributed by atoms with Crippen molar-refractivity contribution in [2.45, 2.75) is 49.8 Å². The van der Waals surface area contributed by atoms with Crippen LogP contribution in [0.25, 0.3) is 11.2 Å². The smallest absolute Gasteiger partial charge is 0.324 e. The van der Waals surface area contributed by atoms with Crippen molar-refractivity contribution in [1.82, 2.24) is 14.5 Å². The van der Waals surface area contributed by atoms with Crippen LogP contribution in [0, 0.1) is 0 Å². The number of aryl methyl sites for hydroxylation is 1. The summed E-state index contributed by atoms with van der Waals surface area (Å²) in [6, 6.07) is 15.9. The Kier molecular flexibility index (Phi) is 7.45. The van der Waals surface area contributed by atoms with E-state index < -0.39 is 17.8 Å². The lowest BCUT2D eigenvalue weighted by atomic mass is 10.1. The normalized spacial score (nSPS) is 12.6. The second-order valence-electron chi connectivity index (χ2n) is 8.02. The number of hydrogen-bond donors (Lipinski definition) is 1. The molecule has 182 valence electrons. The first-order valence-electron chi connectivity index (χ1n) is 11.3. The maximum Gasteiger partial charge on any atom is 0.416 e. The molecule has 4 rings (SSSR count). The van der Waals surface area contributed by atoms with Gasteiger partial charge in [0.25, 0.3) is 0 Å². The van der Waals surface area contributed by atoms with Gasteiger partial charge in [-0.05, 0) is 48.2 Å². The zero-order valence-corrected chi connectivity index (χ0v) is 20.2. The molecule has 1 N–H and O–H groups in total. The van der Waals surface area contributed by atoms with Crippen LogP contribution in [0.2, 0.25) is 0 Å². The Morgan fingerprint density at radius 2 is 1.89 bits per heavy atom. The molecule has 0 saturated carbocycles. The van der Waals surface area contributed by atoms with Crippen molar-refractivity contribution in [1.29, 1.82) is 0 Å². The van der Waals surface area contributed by atoms with E-state index in [0.717, 1.165) is 29.8 Å². The summed E-state index contributed by atoms with van der Waals surface area (Å²) in [5.74, 6) is 0.0727. The predicted molar refractivity (Wildman–Crippen MR) is 132 cm³/mol. The molecule has 2 aromatic carbocycles. The first-order valence-corrected chi connectivity index (χ1v) is 12.3. The lowest BCUT2D eigenvalue weighted by Gasteiger charge is -2.20. The van der Waals surface area contributed by atoms with E-state index in [-0.39, 0.29) is 11.7 Å². The Bertz CT molecular complexity index is 1340. The Balaban J connectivity index is 1.65. The number of fused-ring (bicyclic) bond motifs is 1. The topological polar surface area (TPSA) is 59.8 Å². The SMILES string of the molecule is CCc1ccccc1NC(=O)C(CC)n1c(SCc2cccc(C(F)(F)F)c2)nc2cccnc21. The van der Waals surface area contributed by atoms with Crippen molar-refractivity contribution in [3.8, 4) is 0 Å². The van der Waals surface area contributed by atoms with E-state index in [4.69, 9.17) is 0 Å². The van der Waals surface area contributed by atoms with Gasteiger partial charge in [0.05, 0.1) is 5.56 Å². The summed E-state index contributed by atoms with van der Waals surface area (Å²) in [5, 5.41) is 3.57. The average molecular weight is 499 g/mol. The van der Waals surface area contributed by atoms with Crippen molar-refractivity contribution in [3.63, 3.8) is 0 Å². The summed E-state index contributed by atoms with van der Waals surface area (Å²) in [5.41, 5.74) is 2.80. The second kappa shape index (κ2) is 10.5. The molecule has 5 nitrogen and oxygen atoms in total. The van der Waals surface area contributed by atoms with E-state index in [1.54, 1.807) is 22.9 Å². The van der Waals surface area contributed by atoms with E-state index in [9.17, 15) is 18.0 Å². The largest absolute Gasteiger partial charge is 0.416 e. The number of alkyl halides is 3. The van der Waals surface area contributed by atoms with Gasteiger partial charge in [-0.2, -0.15) is 13.2 Å².